The summed E-state index contributed by atoms with van der Waals surface area (Å²) in [5, 5.41) is 2.17. The SMILES string of the molecule is CC(NC(C(=O)OCc1ccccc1)C(C(F)(F)F)C(F)(F)F)c1ccccc1. The highest BCUT2D eigenvalue weighted by Crippen LogP contribution is 2.42. The zero-order chi connectivity index (χ0) is 21.7. The first-order valence-corrected chi connectivity index (χ1v) is 8.65. The minimum atomic E-state index is -5.70. The molecule has 9 heteroatoms. The van der Waals surface area contributed by atoms with Crippen molar-refractivity contribution in [2.24, 2.45) is 5.92 Å². The number of hydrogen-bond acceptors (Lipinski definition) is 3. The number of alkyl halides is 6. The van der Waals surface area contributed by atoms with Gasteiger partial charge in [0.25, 0.3) is 0 Å². The normalized spacial score (nSPS) is 14.5. The fraction of sp³-hybridized carbons (Fsp3) is 0.350. The second-order valence-corrected chi connectivity index (χ2v) is 6.43. The molecular weight excluding hydrogens is 400 g/mol. The molecule has 0 heterocycles. The van der Waals surface area contributed by atoms with E-state index < -0.39 is 42.9 Å². The van der Waals surface area contributed by atoms with Crippen molar-refractivity contribution in [3.8, 4) is 0 Å². The number of halogens is 6. The lowest BCUT2D eigenvalue weighted by atomic mass is 9.96. The van der Waals surface area contributed by atoms with Crippen molar-refractivity contribution in [3.05, 3.63) is 71.8 Å². The smallest absolute Gasteiger partial charge is 0.402 e. The fourth-order valence-electron chi connectivity index (χ4n) is 2.79. The molecule has 2 aromatic rings. The van der Waals surface area contributed by atoms with E-state index in [-0.39, 0.29) is 0 Å². The van der Waals surface area contributed by atoms with Gasteiger partial charge in [0.1, 0.15) is 12.6 Å². The van der Waals surface area contributed by atoms with Crippen molar-refractivity contribution < 1.29 is 35.9 Å². The number of hydrogen-bond donors (Lipinski definition) is 1. The molecule has 0 saturated carbocycles. The molecule has 29 heavy (non-hydrogen) atoms. The Kier molecular flexibility index (Phi) is 7.29. The number of nitrogens with one attached hydrogen (secondary N) is 1. The first-order chi connectivity index (χ1) is 13.5. The Morgan fingerprint density at radius 1 is 0.897 bits per heavy atom. The van der Waals surface area contributed by atoms with E-state index in [1.807, 2.05) is 0 Å². The topological polar surface area (TPSA) is 38.3 Å². The molecule has 2 rings (SSSR count). The molecule has 0 spiro atoms. The summed E-state index contributed by atoms with van der Waals surface area (Å²) < 4.78 is 84.4. The highest BCUT2D eigenvalue weighted by molar-refractivity contribution is 5.76. The van der Waals surface area contributed by atoms with E-state index in [1.54, 1.807) is 36.4 Å². The van der Waals surface area contributed by atoms with Gasteiger partial charge in [0, 0.05) is 6.04 Å². The van der Waals surface area contributed by atoms with Crippen molar-refractivity contribution >= 4 is 5.97 Å². The average Bonchev–Trinajstić information content (AvgIpc) is 2.65. The second-order valence-electron chi connectivity index (χ2n) is 6.43. The summed E-state index contributed by atoms with van der Waals surface area (Å²) in [6, 6.07) is 12.2. The highest BCUT2D eigenvalue weighted by Gasteiger charge is 2.62. The predicted molar refractivity (Wildman–Crippen MR) is 93.6 cm³/mol. The third-order valence-corrected chi connectivity index (χ3v) is 4.25. The van der Waals surface area contributed by atoms with Crippen molar-refractivity contribution in [1.82, 2.24) is 5.32 Å². The maximum absolute atomic E-state index is 13.3. The van der Waals surface area contributed by atoms with E-state index in [9.17, 15) is 31.1 Å². The lowest BCUT2D eigenvalue weighted by Gasteiger charge is -2.32. The van der Waals surface area contributed by atoms with E-state index in [4.69, 9.17) is 4.74 Å². The first-order valence-electron chi connectivity index (χ1n) is 8.65. The summed E-state index contributed by atoms with van der Waals surface area (Å²) in [4.78, 5) is 12.3. The molecule has 3 nitrogen and oxygen atoms in total. The molecule has 0 saturated heterocycles. The van der Waals surface area contributed by atoms with Gasteiger partial charge in [-0.05, 0) is 18.1 Å². The lowest BCUT2D eigenvalue weighted by Crippen LogP contribution is -2.55. The monoisotopic (exact) mass is 419 g/mol. The molecule has 2 unspecified atom stereocenters. The van der Waals surface area contributed by atoms with Crippen LogP contribution in [0.2, 0.25) is 0 Å². The number of esters is 1. The van der Waals surface area contributed by atoms with Crippen LogP contribution in [0.5, 0.6) is 0 Å². The van der Waals surface area contributed by atoms with Crippen molar-refractivity contribution in [3.63, 3.8) is 0 Å². The Hall–Kier alpha value is -2.55. The number of ether oxygens (including phenoxy) is 1. The maximum atomic E-state index is 13.3. The average molecular weight is 419 g/mol. The van der Waals surface area contributed by atoms with Crippen LogP contribution in [-0.2, 0) is 16.1 Å². The third kappa shape index (κ3) is 6.49. The van der Waals surface area contributed by atoms with Gasteiger partial charge in [-0.2, -0.15) is 26.3 Å². The fourth-order valence-corrected chi connectivity index (χ4v) is 2.79. The van der Waals surface area contributed by atoms with Gasteiger partial charge in [-0.15, -0.1) is 0 Å². The van der Waals surface area contributed by atoms with E-state index in [1.165, 1.54) is 31.2 Å². The van der Waals surface area contributed by atoms with E-state index in [0.29, 0.717) is 11.1 Å². The van der Waals surface area contributed by atoms with Gasteiger partial charge >= 0.3 is 18.3 Å². The Balaban J connectivity index is 2.29. The minimum absolute atomic E-state index is 0.427. The molecule has 0 bridgehead atoms. The van der Waals surface area contributed by atoms with Crippen LogP contribution in [-0.4, -0.2) is 24.4 Å². The predicted octanol–water partition coefficient (Wildman–Crippen LogP) is 5.19. The van der Waals surface area contributed by atoms with Gasteiger partial charge in [-0.3, -0.25) is 10.1 Å². The molecular formula is C20H19F6NO2. The Morgan fingerprint density at radius 3 is 1.86 bits per heavy atom. The molecule has 0 aromatic heterocycles. The van der Waals surface area contributed by atoms with Crippen molar-refractivity contribution in [1.29, 1.82) is 0 Å². The van der Waals surface area contributed by atoms with Gasteiger partial charge in [-0.1, -0.05) is 60.7 Å². The lowest BCUT2D eigenvalue weighted by molar-refractivity contribution is -0.292. The molecule has 1 N–H and O–H groups in total. The van der Waals surface area contributed by atoms with Crippen LogP contribution >= 0.6 is 0 Å². The molecule has 158 valence electrons. The second kappa shape index (κ2) is 9.30. The summed E-state index contributed by atoms with van der Waals surface area (Å²) in [7, 11) is 0. The Morgan fingerprint density at radius 2 is 1.38 bits per heavy atom. The van der Waals surface area contributed by atoms with Crippen LogP contribution in [0.4, 0.5) is 26.3 Å². The molecule has 0 fully saturated rings. The van der Waals surface area contributed by atoms with Gasteiger partial charge in [-0.25, -0.2) is 0 Å². The van der Waals surface area contributed by atoms with Crippen molar-refractivity contribution in [2.75, 3.05) is 0 Å². The molecule has 2 aromatic carbocycles. The van der Waals surface area contributed by atoms with Crippen LogP contribution in [0.25, 0.3) is 0 Å². The van der Waals surface area contributed by atoms with Crippen molar-refractivity contribution in [2.45, 2.75) is 38.0 Å². The van der Waals surface area contributed by atoms with Gasteiger partial charge in [0.15, 0.2) is 5.92 Å². The van der Waals surface area contributed by atoms with Gasteiger partial charge < -0.3 is 4.74 Å². The van der Waals surface area contributed by atoms with Crippen LogP contribution in [0, 0.1) is 5.92 Å². The minimum Gasteiger partial charge on any atom is -0.460 e. The van der Waals surface area contributed by atoms with E-state index in [0.717, 1.165) is 0 Å². The van der Waals surface area contributed by atoms with Gasteiger partial charge in [0.2, 0.25) is 0 Å². The summed E-state index contributed by atoms with van der Waals surface area (Å²) >= 11 is 0. The zero-order valence-electron chi connectivity index (χ0n) is 15.3. The largest absolute Gasteiger partial charge is 0.460 e. The quantitative estimate of drug-likeness (QED) is 0.496. The molecule has 0 radical (unpaired) electrons. The summed E-state index contributed by atoms with van der Waals surface area (Å²) in [5.74, 6) is -5.54. The number of benzene rings is 2. The van der Waals surface area contributed by atoms with Crippen LogP contribution in [0.3, 0.4) is 0 Å². The zero-order valence-corrected chi connectivity index (χ0v) is 15.3. The van der Waals surface area contributed by atoms with Crippen LogP contribution in [0.1, 0.15) is 24.1 Å². The maximum Gasteiger partial charge on any atom is 0.402 e. The van der Waals surface area contributed by atoms with Crippen LogP contribution in [0.15, 0.2) is 60.7 Å². The van der Waals surface area contributed by atoms with Crippen LogP contribution < -0.4 is 5.32 Å². The molecule has 0 aliphatic rings. The first kappa shape index (κ1) is 22.7. The molecule has 0 aliphatic heterocycles. The molecule has 0 aliphatic carbocycles. The molecule has 0 amide bonds. The standard InChI is InChI=1S/C20H19F6NO2/c1-13(15-10-6-3-7-11-15)27-16(17(19(21,22)23)20(24,25)26)18(28)29-12-14-8-4-2-5-9-14/h2-11,13,16-17,27H,12H2,1H3. The Bertz CT molecular complexity index is 763. The van der Waals surface area contributed by atoms with E-state index in [2.05, 4.69) is 5.32 Å². The summed E-state index contributed by atoms with van der Waals surface area (Å²) in [6.07, 6.45) is -11.4. The number of carbonyl (C=O) groups is 1. The highest BCUT2D eigenvalue weighted by atomic mass is 19.4. The number of rotatable bonds is 7. The Labute approximate surface area is 163 Å². The van der Waals surface area contributed by atoms with Gasteiger partial charge in [0.05, 0.1) is 0 Å². The third-order valence-electron chi connectivity index (χ3n) is 4.25. The molecule has 2 atom stereocenters. The van der Waals surface area contributed by atoms with E-state index >= 15 is 0 Å². The summed E-state index contributed by atoms with van der Waals surface area (Å²) in [5.41, 5.74) is 0.864. The summed E-state index contributed by atoms with van der Waals surface area (Å²) in [6.45, 7) is 0.927. The number of carbonyl (C=O) groups excluding carboxylic acids is 1.